The maximum Gasteiger partial charge on any atom is 0.229 e. The van der Waals surface area contributed by atoms with Crippen LogP contribution in [0.25, 0.3) is 5.69 Å². The Kier molecular flexibility index (Phi) is 5.07. The minimum Gasteiger partial charge on any atom is -0.490 e. The highest BCUT2D eigenvalue weighted by atomic mass is 35.5. The van der Waals surface area contributed by atoms with Crippen LogP contribution < -0.4 is 9.47 Å². The molecule has 2 aromatic rings. The lowest BCUT2D eigenvalue weighted by atomic mass is 10.2. The second kappa shape index (κ2) is 6.80. The Morgan fingerprint density at radius 2 is 1.76 bits per heavy atom. The van der Waals surface area contributed by atoms with Crippen molar-refractivity contribution in [2.75, 3.05) is 13.2 Å². The average molecular weight is 310 g/mol. The second-order valence-corrected chi connectivity index (χ2v) is 5.15. The van der Waals surface area contributed by atoms with Crippen LogP contribution in [-0.4, -0.2) is 28.0 Å². The molecule has 0 saturated heterocycles. The lowest BCUT2D eigenvalue weighted by Crippen LogP contribution is -2.05. The van der Waals surface area contributed by atoms with Gasteiger partial charge in [0.2, 0.25) is 5.28 Å². The van der Waals surface area contributed by atoms with E-state index in [0.29, 0.717) is 24.2 Å². The number of rotatable bonds is 6. The molecule has 0 fully saturated rings. The van der Waals surface area contributed by atoms with Gasteiger partial charge in [0.15, 0.2) is 11.5 Å². The van der Waals surface area contributed by atoms with Crippen LogP contribution in [0.1, 0.15) is 39.4 Å². The van der Waals surface area contributed by atoms with Gasteiger partial charge in [-0.05, 0) is 37.6 Å². The number of hydrogen-bond acceptors (Lipinski definition) is 4. The molecule has 1 aromatic carbocycles. The van der Waals surface area contributed by atoms with Crippen LogP contribution >= 0.6 is 11.6 Å². The molecule has 21 heavy (non-hydrogen) atoms. The van der Waals surface area contributed by atoms with Crippen LogP contribution in [0.5, 0.6) is 11.5 Å². The molecule has 1 heterocycles. The van der Waals surface area contributed by atoms with Gasteiger partial charge in [-0.15, -0.1) is 10.2 Å². The van der Waals surface area contributed by atoms with Crippen molar-refractivity contribution >= 4 is 11.6 Å². The summed E-state index contributed by atoms with van der Waals surface area (Å²) in [6, 6.07) is 5.70. The maximum atomic E-state index is 6.17. The van der Waals surface area contributed by atoms with Gasteiger partial charge in [0.25, 0.3) is 0 Å². The molecular weight excluding hydrogens is 290 g/mol. The summed E-state index contributed by atoms with van der Waals surface area (Å²) in [6.07, 6.45) is 0. The molecule has 6 heteroatoms. The zero-order valence-electron chi connectivity index (χ0n) is 12.8. The maximum absolute atomic E-state index is 6.17. The van der Waals surface area contributed by atoms with E-state index in [9.17, 15) is 0 Å². The van der Waals surface area contributed by atoms with E-state index < -0.39 is 0 Å². The lowest BCUT2D eigenvalue weighted by Gasteiger charge is -2.15. The lowest BCUT2D eigenvalue weighted by molar-refractivity contribution is 0.287. The average Bonchev–Trinajstić information content (AvgIpc) is 2.83. The second-order valence-electron chi connectivity index (χ2n) is 4.81. The molecule has 0 atom stereocenters. The fraction of sp³-hybridized carbons (Fsp3) is 0.467. The van der Waals surface area contributed by atoms with Crippen molar-refractivity contribution in [3.63, 3.8) is 0 Å². The van der Waals surface area contributed by atoms with Crippen LogP contribution in [0.2, 0.25) is 5.28 Å². The zero-order valence-corrected chi connectivity index (χ0v) is 13.5. The molecule has 0 aliphatic heterocycles. The third-order valence-corrected chi connectivity index (χ3v) is 3.19. The monoisotopic (exact) mass is 309 g/mol. The van der Waals surface area contributed by atoms with E-state index in [4.69, 9.17) is 21.1 Å². The summed E-state index contributed by atoms with van der Waals surface area (Å²) in [5.74, 6) is 2.44. The summed E-state index contributed by atoms with van der Waals surface area (Å²) in [5, 5.41) is 8.43. The third kappa shape index (κ3) is 3.29. The first-order valence-electron chi connectivity index (χ1n) is 7.09. The number of aromatic nitrogens is 3. The van der Waals surface area contributed by atoms with Gasteiger partial charge in [-0.25, -0.2) is 0 Å². The minimum absolute atomic E-state index is 0.215. The van der Waals surface area contributed by atoms with Crippen LogP contribution in [0.15, 0.2) is 18.2 Å². The summed E-state index contributed by atoms with van der Waals surface area (Å²) >= 11 is 6.17. The summed E-state index contributed by atoms with van der Waals surface area (Å²) in [6.45, 7) is 9.13. The number of halogens is 1. The molecular formula is C15H20ClN3O2. The Labute approximate surface area is 129 Å². The van der Waals surface area contributed by atoms with E-state index in [1.165, 1.54) is 0 Å². The van der Waals surface area contributed by atoms with Crippen molar-refractivity contribution in [1.29, 1.82) is 0 Å². The van der Waals surface area contributed by atoms with Crippen molar-refractivity contribution in [3.8, 4) is 17.2 Å². The smallest absolute Gasteiger partial charge is 0.229 e. The molecule has 0 radical (unpaired) electrons. The van der Waals surface area contributed by atoms with E-state index in [2.05, 4.69) is 24.0 Å². The van der Waals surface area contributed by atoms with E-state index in [0.717, 1.165) is 17.3 Å². The molecule has 0 unspecified atom stereocenters. The van der Waals surface area contributed by atoms with Gasteiger partial charge < -0.3 is 9.47 Å². The van der Waals surface area contributed by atoms with Crippen molar-refractivity contribution in [2.24, 2.45) is 0 Å². The summed E-state index contributed by atoms with van der Waals surface area (Å²) in [4.78, 5) is 0. The summed E-state index contributed by atoms with van der Waals surface area (Å²) < 4.78 is 13.0. The first-order chi connectivity index (χ1) is 10.1. The van der Waals surface area contributed by atoms with Crippen LogP contribution in [-0.2, 0) is 0 Å². The number of ether oxygens (including phenoxy) is 2. The van der Waals surface area contributed by atoms with E-state index in [1.54, 1.807) is 0 Å². The Balaban J connectivity index is 2.50. The quantitative estimate of drug-likeness (QED) is 0.813. The van der Waals surface area contributed by atoms with E-state index in [-0.39, 0.29) is 5.92 Å². The molecule has 2 rings (SSSR count). The highest BCUT2D eigenvalue weighted by Crippen LogP contribution is 2.32. The highest BCUT2D eigenvalue weighted by Gasteiger charge is 2.17. The molecule has 0 aliphatic carbocycles. The number of benzene rings is 1. The van der Waals surface area contributed by atoms with Crippen LogP contribution in [0, 0.1) is 0 Å². The molecule has 5 nitrogen and oxygen atoms in total. The third-order valence-electron chi connectivity index (χ3n) is 2.95. The predicted molar refractivity (Wildman–Crippen MR) is 82.8 cm³/mol. The van der Waals surface area contributed by atoms with E-state index in [1.807, 2.05) is 36.6 Å². The van der Waals surface area contributed by atoms with Crippen molar-refractivity contribution in [2.45, 2.75) is 33.6 Å². The minimum atomic E-state index is 0.215. The Hall–Kier alpha value is -1.75. The molecule has 1 aromatic heterocycles. The van der Waals surface area contributed by atoms with Crippen molar-refractivity contribution in [1.82, 2.24) is 14.8 Å². The van der Waals surface area contributed by atoms with Gasteiger partial charge in [-0.3, -0.25) is 4.57 Å². The van der Waals surface area contributed by atoms with Gasteiger partial charge in [0.1, 0.15) is 5.82 Å². The molecule has 0 saturated carbocycles. The Morgan fingerprint density at radius 1 is 1.10 bits per heavy atom. The molecule has 0 aliphatic rings. The van der Waals surface area contributed by atoms with Gasteiger partial charge in [0.05, 0.1) is 18.9 Å². The van der Waals surface area contributed by atoms with Gasteiger partial charge in [-0.2, -0.15) is 0 Å². The molecule has 0 bridgehead atoms. The molecule has 0 N–H and O–H groups in total. The summed E-state index contributed by atoms with van der Waals surface area (Å²) in [5.41, 5.74) is 0.862. The molecule has 0 spiro atoms. The SMILES string of the molecule is CCOc1ccc(-n2c(Cl)nnc2C(C)C)cc1OCC. The van der Waals surface area contributed by atoms with E-state index >= 15 is 0 Å². The first kappa shape index (κ1) is 15.6. The predicted octanol–water partition coefficient (Wildman–Crippen LogP) is 3.84. The zero-order chi connectivity index (χ0) is 15.4. The van der Waals surface area contributed by atoms with Gasteiger partial charge in [0, 0.05) is 12.0 Å². The van der Waals surface area contributed by atoms with Gasteiger partial charge in [-0.1, -0.05) is 13.8 Å². The highest BCUT2D eigenvalue weighted by molar-refractivity contribution is 6.28. The first-order valence-corrected chi connectivity index (χ1v) is 7.47. The van der Waals surface area contributed by atoms with Crippen molar-refractivity contribution < 1.29 is 9.47 Å². The van der Waals surface area contributed by atoms with Crippen LogP contribution in [0.3, 0.4) is 0 Å². The standard InChI is InChI=1S/C15H20ClN3O2/c1-5-20-12-8-7-11(9-13(12)21-6-2)19-14(10(3)4)17-18-15(19)16/h7-10H,5-6H2,1-4H3. The fourth-order valence-corrected chi connectivity index (χ4v) is 2.29. The Morgan fingerprint density at radius 3 is 2.38 bits per heavy atom. The van der Waals surface area contributed by atoms with Gasteiger partial charge >= 0.3 is 0 Å². The van der Waals surface area contributed by atoms with Crippen molar-refractivity contribution in [3.05, 3.63) is 29.3 Å². The number of hydrogen-bond donors (Lipinski definition) is 0. The topological polar surface area (TPSA) is 49.2 Å². The molecule has 114 valence electrons. The normalized spacial score (nSPS) is 11.0. The molecule has 0 amide bonds. The number of nitrogens with zero attached hydrogens (tertiary/aromatic N) is 3. The Bertz CT molecular complexity index is 611. The summed E-state index contributed by atoms with van der Waals surface area (Å²) in [7, 11) is 0. The fourth-order valence-electron chi connectivity index (χ4n) is 2.07. The largest absolute Gasteiger partial charge is 0.490 e. The van der Waals surface area contributed by atoms with Crippen LogP contribution in [0.4, 0.5) is 0 Å².